The van der Waals surface area contributed by atoms with Crippen LogP contribution in [-0.2, 0) is 9.53 Å². The highest BCUT2D eigenvalue weighted by atomic mass is 79.9. The van der Waals surface area contributed by atoms with Crippen molar-refractivity contribution in [1.29, 1.82) is 0 Å². The van der Waals surface area contributed by atoms with E-state index in [1.165, 1.54) is 11.3 Å². The summed E-state index contributed by atoms with van der Waals surface area (Å²) in [5, 5.41) is 9.08. The van der Waals surface area contributed by atoms with Crippen molar-refractivity contribution < 1.29 is 9.53 Å². The number of amides is 1. The first kappa shape index (κ1) is 12.3. The molecule has 2 fully saturated rings. The van der Waals surface area contributed by atoms with Gasteiger partial charge in [0.25, 0.3) is 0 Å². The van der Waals surface area contributed by atoms with Crippen LogP contribution in [0.1, 0.15) is 6.92 Å². The van der Waals surface area contributed by atoms with E-state index in [9.17, 15) is 4.79 Å². The quantitative estimate of drug-likeness (QED) is 0.759. The molecule has 1 aromatic rings. The normalized spacial score (nSPS) is 27.4. The molecule has 3 rings (SSSR count). The van der Waals surface area contributed by atoms with Crippen LogP contribution in [0.4, 0.5) is 5.13 Å². The smallest absolute Gasteiger partial charge is 0.219 e. The van der Waals surface area contributed by atoms with Crippen LogP contribution in [0.5, 0.6) is 0 Å². The molecule has 3 heterocycles. The van der Waals surface area contributed by atoms with Crippen molar-refractivity contribution in [1.82, 2.24) is 15.1 Å². The van der Waals surface area contributed by atoms with Crippen LogP contribution in [-0.4, -0.2) is 59.4 Å². The number of carbonyl (C=O) groups is 1. The molecule has 0 N–H and O–H groups in total. The van der Waals surface area contributed by atoms with E-state index in [0.29, 0.717) is 26.3 Å². The van der Waals surface area contributed by atoms with E-state index < -0.39 is 0 Å². The van der Waals surface area contributed by atoms with Crippen LogP contribution in [0.25, 0.3) is 0 Å². The van der Waals surface area contributed by atoms with E-state index in [-0.39, 0.29) is 18.0 Å². The molecule has 0 aromatic carbocycles. The Balaban J connectivity index is 1.86. The highest BCUT2D eigenvalue weighted by Crippen LogP contribution is 2.32. The Bertz CT molecular complexity index is 454. The Kier molecular flexibility index (Phi) is 3.25. The standard InChI is InChI=1S/C10H13BrN4O2S/c1-6(16)14-2-7-4-17-5-8(3-14)15(7)10-13-12-9(11)18-10/h7-8H,2-5H2,1H3. The third-order valence-corrected chi connectivity index (χ3v) is 4.69. The first-order chi connectivity index (χ1) is 8.65. The highest BCUT2D eigenvalue weighted by Gasteiger charge is 2.40. The second kappa shape index (κ2) is 4.75. The van der Waals surface area contributed by atoms with Crippen LogP contribution in [0, 0.1) is 0 Å². The number of ether oxygens (including phenoxy) is 1. The summed E-state index contributed by atoms with van der Waals surface area (Å²) in [5.74, 6) is 0.130. The molecule has 0 saturated carbocycles. The average molecular weight is 333 g/mol. The van der Waals surface area contributed by atoms with Gasteiger partial charge in [-0.2, -0.15) is 0 Å². The molecule has 2 bridgehead atoms. The van der Waals surface area contributed by atoms with Crippen molar-refractivity contribution in [3.63, 3.8) is 0 Å². The van der Waals surface area contributed by atoms with Crippen molar-refractivity contribution in [3.05, 3.63) is 3.92 Å². The molecule has 1 amide bonds. The predicted octanol–water partition coefficient (Wildman–Crippen LogP) is 0.736. The van der Waals surface area contributed by atoms with Gasteiger partial charge in [0.1, 0.15) is 0 Å². The molecule has 1 aromatic heterocycles. The second-order valence-corrected chi connectivity index (χ2v) is 6.75. The number of fused-ring (bicyclic) bond motifs is 2. The summed E-state index contributed by atoms with van der Waals surface area (Å²) in [7, 11) is 0. The molecule has 0 aliphatic carbocycles. The summed E-state index contributed by atoms with van der Waals surface area (Å²) in [6, 6.07) is 0.363. The Morgan fingerprint density at radius 2 is 2.06 bits per heavy atom. The lowest BCUT2D eigenvalue weighted by Gasteiger charge is -2.49. The fourth-order valence-electron chi connectivity index (χ4n) is 2.54. The van der Waals surface area contributed by atoms with Crippen molar-refractivity contribution in [2.75, 3.05) is 31.2 Å². The lowest BCUT2D eigenvalue weighted by atomic mass is 10.1. The number of nitrogens with zero attached hydrogens (tertiary/aromatic N) is 4. The van der Waals surface area contributed by atoms with Gasteiger partial charge in [0.05, 0.1) is 25.3 Å². The summed E-state index contributed by atoms with van der Waals surface area (Å²) < 4.78 is 6.37. The predicted molar refractivity (Wildman–Crippen MR) is 70.7 cm³/mol. The molecular formula is C10H13BrN4O2S. The molecule has 2 unspecified atom stereocenters. The van der Waals surface area contributed by atoms with E-state index in [4.69, 9.17) is 4.74 Å². The monoisotopic (exact) mass is 332 g/mol. The number of aromatic nitrogens is 2. The molecule has 2 aliphatic rings. The SMILES string of the molecule is CC(=O)N1CC2COCC(C1)N2c1nnc(Br)s1. The lowest BCUT2D eigenvalue weighted by Crippen LogP contribution is -2.65. The van der Waals surface area contributed by atoms with Crippen LogP contribution in [0.2, 0.25) is 0 Å². The Morgan fingerprint density at radius 3 is 2.56 bits per heavy atom. The molecule has 0 spiro atoms. The first-order valence-corrected chi connectivity index (χ1v) is 7.36. The van der Waals surface area contributed by atoms with Crippen molar-refractivity contribution in [2.45, 2.75) is 19.0 Å². The highest BCUT2D eigenvalue weighted by molar-refractivity contribution is 9.11. The van der Waals surface area contributed by atoms with Gasteiger partial charge in [-0.3, -0.25) is 4.79 Å². The summed E-state index contributed by atoms with van der Waals surface area (Å²) in [5.41, 5.74) is 0. The summed E-state index contributed by atoms with van der Waals surface area (Å²) >= 11 is 4.86. The number of anilines is 1. The maximum absolute atomic E-state index is 11.5. The van der Waals surface area contributed by atoms with Crippen molar-refractivity contribution in [3.8, 4) is 0 Å². The van der Waals surface area contributed by atoms with Crippen molar-refractivity contribution in [2.24, 2.45) is 0 Å². The van der Waals surface area contributed by atoms with Crippen LogP contribution in [0.15, 0.2) is 3.92 Å². The molecular weight excluding hydrogens is 320 g/mol. The van der Waals surface area contributed by atoms with Gasteiger partial charge in [0, 0.05) is 20.0 Å². The molecule has 2 saturated heterocycles. The minimum Gasteiger partial charge on any atom is -0.377 e. The number of halogens is 1. The van der Waals surface area contributed by atoms with Gasteiger partial charge >= 0.3 is 0 Å². The number of hydrogen-bond acceptors (Lipinski definition) is 6. The first-order valence-electron chi connectivity index (χ1n) is 5.75. The minimum atomic E-state index is 0.130. The lowest BCUT2D eigenvalue weighted by molar-refractivity contribution is -0.132. The van der Waals surface area contributed by atoms with Gasteiger partial charge in [0.2, 0.25) is 11.0 Å². The number of carbonyl (C=O) groups excluding carboxylic acids is 1. The van der Waals surface area contributed by atoms with Gasteiger partial charge in [-0.15, -0.1) is 10.2 Å². The molecule has 8 heteroatoms. The Morgan fingerprint density at radius 1 is 1.39 bits per heavy atom. The van der Waals surface area contributed by atoms with Gasteiger partial charge < -0.3 is 14.5 Å². The molecule has 98 valence electrons. The van der Waals surface area contributed by atoms with E-state index >= 15 is 0 Å². The minimum absolute atomic E-state index is 0.130. The number of rotatable bonds is 1. The van der Waals surface area contributed by atoms with Gasteiger partial charge in [-0.1, -0.05) is 11.3 Å². The molecule has 18 heavy (non-hydrogen) atoms. The zero-order chi connectivity index (χ0) is 12.7. The molecule has 0 radical (unpaired) electrons. The largest absolute Gasteiger partial charge is 0.377 e. The van der Waals surface area contributed by atoms with Gasteiger partial charge in [-0.05, 0) is 15.9 Å². The Labute approximate surface area is 117 Å². The number of hydrogen-bond donors (Lipinski definition) is 0. The van der Waals surface area contributed by atoms with Gasteiger partial charge in [0.15, 0.2) is 3.92 Å². The third-order valence-electron chi connectivity index (χ3n) is 3.33. The molecule has 6 nitrogen and oxygen atoms in total. The fraction of sp³-hybridized carbons (Fsp3) is 0.700. The topological polar surface area (TPSA) is 58.6 Å². The van der Waals surface area contributed by atoms with E-state index in [1.54, 1.807) is 6.92 Å². The van der Waals surface area contributed by atoms with E-state index in [1.807, 2.05) is 4.90 Å². The van der Waals surface area contributed by atoms with E-state index in [2.05, 4.69) is 31.0 Å². The average Bonchev–Trinajstić information content (AvgIpc) is 2.73. The second-order valence-electron chi connectivity index (χ2n) is 4.51. The summed E-state index contributed by atoms with van der Waals surface area (Å²) in [4.78, 5) is 15.7. The zero-order valence-corrected chi connectivity index (χ0v) is 12.3. The molecule has 2 aliphatic heterocycles. The third kappa shape index (κ3) is 2.12. The summed E-state index contributed by atoms with van der Waals surface area (Å²) in [6.45, 7) is 4.29. The zero-order valence-electron chi connectivity index (χ0n) is 9.87. The maximum atomic E-state index is 11.5. The maximum Gasteiger partial charge on any atom is 0.219 e. The van der Waals surface area contributed by atoms with Gasteiger partial charge in [-0.25, -0.2) is 0 Å². The van der Waals surface area contributed by atoms with Crippen LogP contribution < -0.4 is 4.90 Å². The number of morpholine rings is 1. The summed E-state index contributed by atoms with van der Waals surface area (Å²) in [6.07, 6.45) is 0. The van der Waals surface area contributed by atoms with E-state index in [0.717, 1.165) is 9.05 Å². The number of piperazine rings is 1. The van der Waals surface area contributed by atoms with Crippen LogP contribution >= 0.6 is 27.3 Å². The molecule has 2 atom stereocenters. The van der Waals surface area contributed by atoms with Crippen LogP contribution in [0.3, 0.4) is 0 Å². The Hall–Kier alpha value is -0.730. The van der Waals surface area contributed by atoms with Crippen molar-refractivity contribution >= 4 is 38.3 Å². The fourth-order valence-corrected chi connectivity index (χ4v) is 3.77.